The highest BCUT2D eigenvalue weighted by Gasteiger charge is 2.38. The molecule has 2 aromatic carbocycles. The van der Waals surface area contributed by atoms with Crippen molar-refractivity contribution in [2.45, 2.75) is 61.7 Å². The molecule has 1 N–H and O–H groups in total. The molecule has 3 aromatic rings. The summed E-state index contributed by atoms with van der Waals surface area (Å²) in [7, 11) is -0.0632. The first kappa shape index (κ1) is 28.2. The van der Waals surface area contributed by atoms with Gasteiger partial charge in [-0.2, -0.15) is 4.31 Å². The molecule has 3 aliphatic rings. The van der Waals surface area contributed by atoms with Gasteiger partial charge in [0.05, 0.1) is 18.0 Å². The number of amides is 1. The molecule has 1 aliphatic carbocycles. The lowest BCUT2D eigenvalue weighted by Crippen LogP contribution is -2.52. The van der Waals surface area contributed by atoms with Crippen molar-refractivity contribution in [3.05, 3.63) is 60.4 Å². The summed E-state index contributed by atoms with van der Waals surface area (Å²) in [5, 5.41) is 5.03. The number of sulfonamides is 1. The van der Waals surface area contributed by atoms with Gasteiger partial charge in [0.25, 0.3) is 0 Å². The van der Waals surface area contributed by atoms with E-state index in [-0.39, 0.29) is 23.3 Å². The second-order valence-corrected chi connectivity index (χ2v) is 13.7. The molecule has 0 bridgehead atoms. The molecule has 220 valence electrons. The molecule has 6 rings (SSSR count). The highest BCUT2D eigenvalue weighted by Crippen LogP contribution is 2.35. The van der Waals surface area contributed by atoms with Crippen LogP contribution in [0, 0.1) is 0 Å². The van der Waals surface area contributed by atoms with Crippen molar-refractivity contribution in [2.24, 2.45) is 0 Å². The van der Waals surface area contributed by atoms with Crippen LogP contribution < -0.4 is 10.1 Å². The van der Waals surface area contributed by atoms with E-state index in [9.17, 15) is 13.2 Å². The summed E-state index contributed by atoms with van der Waals surface area (Å²) in [6, 6.07) is 14.7. The summed E-state index contributed by atoms with van der Waals surface area (Å²) < 4.78 is 37.0. The number of nitrogens with one attached hydrogen (secondary N) is 1. The van der Waals surface area contributed by atoms with Crippen LogP contribution >= 0.6 is 0 Å². The number of hydrogen-bond donors (Lipinski definition) is 1. The molecular weight excluding hydrogens is 538 g/mol. The van der Waals surface area contributed by atoms with Gasteiger partial charge < -0.3 is 19.5 Å². The number of aromatic nitrogens is 1. The zero-order valence-corrected chi connectivity index (χ0v) is 24.9. The second kappa shape index (κ2) is 11.8. The zero-order chi connectivity index (χ0) is 28.6. The predicted molar refractivity (Wildman–Crippen MR) is 159 cm³/mol. The minimum atomic E-state index is -3.85. The fourth-order valence-electron chi connectivity index (χ4n) is 6.84. The van der Waals surface area contributed by atoms with Gasteiger partial charge in [-0.25, -0.2) is 8.42 Å². The van der Waals surface area contributed by atoms with Crippen LogP contribution in [-0.4, -0.2) is 92.0 Å². The standard InChI is InChI=1S/C31H41N5O4S/c1-33-13-15-34(16-14-33)26-6-3-5-25(21-26)32-31(37)22-30-29-7-4-12-35(29)17-18-36(30)41(38,39)28-11-9-23-19-27(40-2)10-8-24(23)20-28/h4,7-12,19-20,25-26,30H,3,5-6,13-18,21-22H2,1-2H3,(H,32,37)/t25-,26+,30?/m1/s1. The number of ether oxygens (including phenoxy) is 1. The number of fused-ring (bicyclic) bond motifs is 2. The van der Waals surface area contributed by atoms with E-state index in [4.69, 9.17) is 4.74 Å². The van der Waals surface area contributed by atoms with Crippen LogP contribution in [0.15, 0.2) is 59.6 Å². The molecule has 9 nitrogen and oxygen atoms in total. The monoisotopic (exact) mass is 579 g/mol. The van der Waals surface area contributed by atoms with Gasteiger partial charge in [0.15, 0.2) is 0 Å². The number of carbonyl (C=O) groups excluding carboxylic acids is 1. The molecule has 1 saturated heterocycles. The van der Waals surface area contributed by atoms with Crippen molar-refractivity contribution in [3.63, 3.8) is 0 Å². The Morgan fingerprint density at radius 3 is 2.56 bits per heavy atom. The largest absolute Gasteiger partial charge is 0.497 e. The number of rotatable bonds is 7. The number of benzene rings is 2. The van der Waals surface area contributed by atoms with E-state index in [1.54, 1.807) is 19.2 Å². The van der Waals surface area contributed by atoms with Gasteiger partial charge in [0.2, 0.25) is 15.9 Å². The molecule has 41 heavy (non-hydrogen) atoms. The summed E-state index contributed by atoms with van der Waals surface area (Å²) in [6.07, 6.45) is 6.28. The molecular formula is C31H41N5O4S. The Kier molecular flexibility index (Phi) is 8.09. The molecule has 3 atom stereocenters. The van der Waals surface area contributed by atoms with Crippen LogP contribution in [0.4, 0.5) is 0 Å². The van der Waals surface area contributed by atoms with Crippen LogP contribution in [0.25, 0.3) is 10.8 Å². The molecule has 2 aliphatic heterocycles. The number of methoxy groups -OCH3 is 1. The van der Waals surface area contributed by atoms with E-state index in [2.05, 4.69) is 26.7 Å². The van der Waals surface area contributed by atoms with Crippen LogP contribution in [0.2, 0.25) is 0 Å². The quantitative estimate of drug-likeness (QED) is 0.462. The Bertz CT molecular complexity index is 1500. The van der Waals surface area contributed by atoms with Gasteiger partial charge in [-0.1, -0.05) is 12.1 Å². The van der Waals surface area contributed by atoms with E-state index in [0.717, 1.165) is 67.7 Å². The topological polar surface area (TPSA) is 87.1 Å². The first-order chi connectivity index (χ1) is 19.8. The average Bonchev–Trinajstić information content (AvgIpc) is 3.47. The number of carbonyl (C=O) groups is 1. The van der Waals surface area contributed by atoms with Gasteiger partial charge in [0, 0.05) is 69.7 Å². The summed E-state index contributed by atoms with van der Waals surface area (Å²) in [6.45, 7) is 5.21. The van der Waals surface area contributed by atoms with Crippen molar-refractivity contribution < 1.29 is 17.9 Å². The SMILES string of the molecule is COc1ccc2cc(S(=O)(=O)N3CCn4cccc4C3CC(=O)N[C@@H]3CCC[C@H](N4CCN(C)CC4)C3)ccc2c1. The third-order valence-electron chi connectivity index (χ3n) is 9.19. The highest BCUT2D eigenvalue weighted by molar-refractivity contribution is 7.89. The first-order valence-corrected chi connectivity index (χ1v) is 16.2. The molecule has 0 spiro atoms. The van der Waals surface area contributed by atoms with Crippen LogP contribution in [0.3, 0.4) is 0 Å². The molecule has 1 aromatic heterocycles. The van der Waals surface area contributed by atoms with Gasteiger partial charge in [-0.15, -0.1) is 0 Å². The predicted octanol–water partition coefficient (Wildman–Crippen LogP) is 3.46. The molecule has 3 heterocycles. The van der Waals surface area contributed by atoms with Gasteiger partial charge in [0.1, 0.15) is 5.75 Å². The van der Waals surface area contributed by atoms with Crippen molar-refractivity contribution in [1.82, 2.24) is 24.0 Å². The van der Waals surface area contributed by atoms with Crippen molar-refractivity contribution in [3.8, 4) is 5.75 Å². The van der Waals surface area contributed by atoms with Gasteiger partial charge >= 0.3 is 0 Å². The third kappa shape index (κ3) is 5.88. The normalized spacial score (nSPS) is 24.7. The minimum Gasteiger partial charge on any atom is -0.497 e. The number of nitrogens with zero attached hydrogens (tertiary/aromatic N) is 4. The molecule has 0 radical (unpaired) electrons. The number of piperazine rings is 1. The fourth-order valence-corrected chi connectivity index (χ4v) is 8.46. The highest BCUT2D eigenvalue weighted by atomic mass is 32.2. The van der Waals surface area contributed by atoms with Crippen LogP contribution in [-0.2, 0) is 21.4 Å². The fraction of sp³-hybridized carbons (Fsp3) is 0.516. The lowest BCUT2D eigenvalue weighted by molar-refractivity contribution is -0.123. The molecule has 1 amide bonds. The molecule has 10 heteroatoms. The van der Waals surface area contributed by atoms with E-state index in [0.29, 0.717) is 19.1 Å². The summed E-state index contributed by atoms with van der Waals surface area (Å²) in [5.74, 6) is 0.642. The average molecular weight is 580 g/mol. The van der Waals surface area contributed by atoms with Crippen LogP contribution in [0.1, 0.15) is 43.8 Å². The zero-order valence-electron chi connectivity index (χ0n) is 24.0. The second-order valence-electron chi connectivity index (χ2n) is 11.8. The third-order valence-corrected chi connectivity index (χ3v) is 11.1. The number of hydrogen-bond acceptors (Lipinski definition) is 6. The number of likely N-dealkylation sites (N-methyl/N-ethyl adjacent to an activating group) is 1. The Balaban J connectivity index is 1.19. The molecule has 2 fully saturated rings. The molecule has 1 saturated carbocycles. The summed E-state index contributed by atoms with van der Waals surface area (Å²) in [4.78, 5) is 18.7. The van der Waals surface area contributed by atoms with Crippen molar-refractivity contribution in [2.75, 3.05) is 46.9 Å². The smallest absolute Gasteiger partial charge is 0.243 e. The van der Waals surface area contributed by atoms with E-state index in [1.165, 1.54) is 10.7 Å². The lowest BCUT2D eigenvalue weighted by atomic mass is 9.89. The Hall–Kier alpha value is -2.92. The first-order valence-electron chi connectivity index (χ1n) is 14.8. The van der Waals surface area contributed by atoms with Gasteiger partial charge in [-0.3, -0.25) is 9.69 Å². The maximum absolute atomic E-state index is 14.1. The Morgan fingerprint density at radius 2 is 1.76 bits per heavy atom. The maximum atomic E-state index is 14.1. The summed E-state index contributed by atoms with van der Waals surface area (Å²) >= 11 is 0. The molecule has 1 unspecified atom stereocenters. The van der Waals surface area contributed by atoms with Crippen molar-refractivity contribution >= 4 is 26.7 Å². The van der Waals surface area contributed by atoms with E-state index in [1.807, 2.05) is 42.6 Å². The lowest BCUT2D eigenvalue weighted by Gasteiger charge is -2.42. The minimum absolute atomic E-state index is 0.0838. The van der Waals surface area contributed by atoms with E-state index >= 15 is 0 Å². The van der Waals surface area contributed by atoms with E-state index < -0.39 is 16.1 Å². The Morgan fingerprint density at radius 1 is 0.976 bits per heavy atom. The van der Waals surface area contributed by atoms with Gasteiger partial charge in [-0.05, 0) is 79.9 Å². The Labute approximate surface area is 243 Å². The maximum Gasteiger partial charge on any atom is 0.243 e. The van der Waals surface area contributed by atoms with Crippen LogP contribution in [0.5, 0.6) is 5.75 Å². The van der Waals surface area contributed by atoms with Crippen molar-refractivity contribution in [1.29, 1.82) is 0 Å². The summed E-state index contributed by atoms with van der Waals surface area (Å²) in [5.41, 5.74) is 0.861.